The molecular weight excluding hydrogens is 282 g/mol. The van der Waals surface area contributed by atoms with E-state index in [1.54, 1.807) is 13.8 Å². The van der Waals surface area contributed by atoms with E-state index in [1.165, 1.54) is 24.1 Å². The Bertz CT molecular complexity index is 636. The van der Waals surface area contributed by atoms with Crippen molar-refractivity contribution in [2.75, 3.05) is 19.3 Å². The lowest BCUT2D eigenvalue weighted by atomic mass is 10.1. The zero-order valence-corrected chi connectivity index (χ0v) is 12.4. The molecule has 0 aromatic heterocycles. The van der Waals surface area contributed by atoms with Crippen molar-refractivity contribution in [3.63, 3.8) is 0 Å². The first-order valence-electron chi connectivity index (χ1n) is 5.99. The molecule has 0 saturated heterocycles. The van der Waals surface area contributed by atoms with Crippen molar-refractivity contribution in [3.8, 4) is 0 Å². The lowest BCUT2D eigenvalue weighted by Gasteiger charge is -2.14. The summed E-state index contributed by atoms with van der Waals surface area (Å²) in [6.45, 7) is 3.72. The predicted octanol–water partition coefficient (Wildman–Crippen LogP) is 0.945. The Morgan fingerprint density at radius 2 is 1.90 bits per heavy atom. The molecule has 0 fully saturated rings. The summed E-state index contributed by atoms with van der Waals surface area (Å²) in [7, 11) is -2.33. The Labute approximate surface area is 117 Å². The molecule has 1 aromatic rings. The fraction of sp³-hybridized carbons (Fsp3) is 0.385. The van der Waals surface area contributed by atoms with E-state index < -0.39 is 27.5 Å². The van der Waals surface area contributed by atoms with Gasteiger partial charge in [0.25, 0.3) is 0 Å². The average molecular weight is 299 g/mol. The summed E-state index contributed by atoms with van der Waals surface area (Å²) in [4.78, 5) is 23.8. The molecule has 0 atom stereocenters. The van der Waals surface area contributed by atoms with E-state index in [1.807, 2.05) is 0 Å². The SMILES string of the molecule is CCN(C)C(=O)CS(=O)(=O)c1ccc(C)c(C(=O)O)c1. The largest absolute Gasteiger partial charge is 0.478 e. The van der Waals surface area contributed by atoms with E-state index in [4.69, 9.17) is 5.11 Å². The Kier molecular flexibility index (Phi) is 4.88. The van der Waals surface area contributed by atoms with Crippen LogP contribution in [0.15, 0.2) is 23.1 Å². The van der Waals surface area contributed by atoms with Crippen LogP contribution in [0, 0.1) is 6.92 Å². The van der Waals surface area contributed by atoms with Gasteiger partial charge in [0, 0.05) is 13.6 Å². The topological polar surface area (TPSA) is 91.8 Å². The monoisotopic (exact) mass is 299 g/mol. The number of carbonyl (C=O) groups is 2. The van der Waals surface area contributed by atoms with Crippen LogP contribution < -0.4 is 0 Å². The van der Waals surface area contributed by atoms with Crippen LogP contribution in [0.3, 0.4) is 0 Å². The molecule has 0 aliphatic heterocycles. The molecule has 0 aliphatic carbocycles. The van der Waals surface area contributed by atoms with Gasteiger partial charge in [0.15, 0.2) is 9.84 Å². The van der Waals surface area contributed by atoms with E-state index in [9.17, 15) is 18.0 Å². The van der Waals surface area contributed by atoms with Crippen molar-refractivity contribution in [1.82, 2.24) is 4.90 Å². The second-order valence-corrected chi connectivity index (χ2v) is 6.44. The molecule has 0 bridgehead atoms. The number of hydrogen-bond acceptors (Lipinski definition) is 4. The van der Waals surface area contributed by atoms with Gasteiger partial charge in [-0.2, -0.15) is 0 Å². The van der Waals surface area contributed by atoms with E-state index >= 15 is 0 Å². The summed E-state index contributed by atoms with van der Waals surface area (Å²) in [6, 6.07) is 3.83. The van der Waals surface area contributed by atoms with E-state index in [0.717, 1.165) is 6.07 Å². The second-order valence-electron chi connectivity index (χ2n) is 4.45. The quantitative estimate of drug-likeness (QED) is 0.873. The van der Waals surface area contributed by atoms with Gasteiger partial charge in [0.05, 0.1) is 10.5 Å². The molecule has 0 radical (unpaired) electrons. The standard InChI is InChI=1S/C13H17NO5S/c1-4-14(3)12(15)8-20(18,19)10-6-5-9(2)11(7-10)13(16)17/h5-7H,4,8H2,1-3H3,(H,16,17). The molecule has 1 aromatic carbocycles. The van der Waals surface area contributed by atoms with E-state index in [2.05, 4.69) is 0 Å². The van der Waals surface area contributed by atoms with Gasteiger partial charge < -0.3 is 10.0 Å². The molecule has 7 heteroatoms. The van der Waals surface area contributed by atoms with Gasteiger partial charge in [0.1, 0.15) is 5.75 Å². The van der Waals surface area contributed by atoms with Crippen LogP contribution in [0.4, 0.5) is 0 Å². The van der Waals surface area contributed by atoms with Crippen molar-refractivity contribution in [2.24, 2.45) is 0 Å². The van der Waals surface area contributed by atoms with Crippen LogP contribution in [-0.4, -0.2) is 49.6 Å². The molecule has 0 saturated carbocycles. The molecule has 1 N–H and O–H groups in total. The molecule has 1 amide bonds. The minimum atomic E-state index is -3.84. The highest BCUT2D eigenvalue weighted by Crippen LogP contribution is 2.17. The number of benzene rings is 1. The number of rotatable bonds is 5. The normalized spacial score (nSPS) is 11.2. The van der Waals surface area contributed by atoms with Crippen molar-refractivity contribution >= 4 is 21.7 Å². The van der Waals surface area contributed by atoms with Crippen LogP contribution in [0.2, 0.25) is 0 Å². The number of carboxylic acid groups (broad SMARTS) is 1. The number of aryl methyl sites for hydroxylation is 1. The van der Waals surface area contributed by atoms with Gasteiger partial charge >= 0.3 is 5.97 Å². The Balaban J connectivity index is 3.14. The first-order chi connectivity index (χ1) is 9.19. The van der Waals surface area contributed by atoms with Crippen LogP contribution in [0.5, 0.6) is 0 Å². The maximum atomic E-state index is 12.1. The summed E-state index contributed by atoms with van der Waals surface area (Å²) in [5, 5.41) is 8.99. The molecule has 0 aliphatic rings. The zero-order valence-electron chi connectivity index (χ0n) is 11.6. The number of hydrogen-bond donors (Lipinski definition) is 1. The zero-order chi connectivity index (χ0) is 15.5. The molecule has 6 nitrogen and oxygen atoms in total. The number of aromatic carboxylic acids is 1. The van der Waals surface area contributed by atoms with Gasteiger partial charge in [-0.25, -0.2) is 13.2 Å². The summed E-state index contributed by atoms with van der Waals surface area (Å²) < 4.78 is 24.2. The van der Waals surface area contributed by atoms with Crippen LogP contribution in [-0.2, 0) is 14.6 Å². The van der Waals surface area contributed by atoms with Gasteiger partial charge in [-0.1, -0.05) is 6.07 Å². The van der Waals surface area contributed by atoms with Crippen LogP contribution in [0.1, 0.15) is 22.8 Å². The number of nitrogens with zero attached hydrogens (tertiary/aromatic N) is 1. The minimum absolute atomic E-state index is 0.0811. The predicted molar refractivity (Wildman–Crippen MR) is 73.5 cm³/mol. The van der Waals surface area contributed by atoms with Gasteiger partial charge in [-0.15, -0.1) is 0 Å². The number of carboxylic acids is 1. The highest BCUT2D eigenvalue weighted by Gasteiger charge is 2.22. The van der Waals surface area contributed by atoms with Gasteiger partial charge in [-0.05, 0) is 31.5 Å². The van der Waals surface area contributed by atoms with E-state index in [0.29, 0.717) is 12.1 Å². The first-order valence-corrected chi connectivity index (χ1v) is 7.65. The summed E-state index contributed by atoms with van der Waals surface area (Å²) in [5.74, 6) is -2.39. The third-order valence-electron chi connectivity index (χ3n) is 3.01. The molecule has 20 heavy (non-hydrogen) atoms. The fourth-order valence-electron chi connectivity index (χ4n) is 1.56. The number of sulfone groups is 1. The number of amides is 1. The highest BCUT2D eigenvalue weighted by atomic mass is 32.2. The summed E-state index contributed by atoms with van der Waals surface area (Å²) in [6.07, 6.45) is 0. The highest BCUT2D eigenvalue weighted by molar-refractivity contribution is 7.92. The summed E-state index contributed by atoms with van der Waals surface area (Å²) >= 11 is 0. The lowest BCUT2D eigenvalue weighted by molar-refractivity contribution is -0.126. The molecular formula is C13H17NO5S. The molecule has 0 unspecified atom stereocenters. The molecule has 110 valence electrons. The lowest BCUT2D eigenvalue weighted by Crippen LogP contribution is -2.32. The Hall–Kier alpha value is -1.89. The minimum Gasteiger partial charge on any atom is -0.478 e. The molecule has 0 heterocycles. The van der Waals surface area contributed by atoms with Gasteiger partial charge in [0.2, 0.25) is 5.91 Å². The van der Waals surface area contributed by atoms with Crippen LogP contribution in [0.25, 0.3) is 0 Å². The van der Waals surface area contributed by atoms with Crippen molar-refractivity contribution in [2.45, 2.75) is 18.7 Å². The van der Waals surface area contributed by atoms with Crippen molar-refractivity contribution in [1.29, 1.82) is 0 Å². The van der Waals surface area contributed by atoms with Gasteiger partial charge in [-0.3, -0.25) is 4.79 Å². The third-order valence-corrected chi connectivity index (χ3v) is 4.61. The first kappa shape index (κ1) is 16.2. The molecule has 0 spiro atoms. The third kappa shape index (κ3) is 3.57. The smallest absolute Gasteiger partial charge is 0.335 e. The second kappa shape index (κ2) is 6.04. The molecule has 1 rings (SSSR count). The summed E-state index contributed by atoms with van der Waals surface area (Å²) in [5.41, 5.74) is 0.385. The Morgan fingerprint density at radius 3 is 2.40 bits per heavy atom. The average Bonchev–Trinajstić information content (AvgIpc) is 2.36. The van der Waals surface area contributed by atoms with Crippen molar-refractivity contribution < 1.29 is 23.1 Å². The fourth-order valence-corrected chi connectivity index (χ4v) is 2.84. The maximum Gasteiger partial charge on any atom is 0.335 e. The van der Waals surface area contributed by atoms with Crippen molar-refractivity contribution in [3.05, 3.63) is 29.3 Å². The van der Waals surface area contributed by atoms with E-state index in [-0.39, 0.29) is 10.5 Å². The maximum absolute atomic E-state index is 12.1. The Morgan fingerprint density at radius 1 is 1.30 bits per heavy atom. The van der Waals surface area contributed by atoms with Crippen LogP contribution >= 0.6 is 0 Å². The number of carbonyl (C=O) groups excluding carboxylic acids is 1.